The van der Waals surface area contributed by atoms with Gasteiger partial charge in [0.15, 0.2) is 5.82 Å². The van der Waals surface area contributed by atoms with E-state index in [-0.39, 0.29) is 0 Å². The van der Waals surface area contributed by atoms with Crippen molar-refractivity contribution in [3.05, 3.63) is 10.8 Å². The fourth-order valence-corrected chi connectivity index (χ4v) is 3.38. The molecule has 6 heteroatoms. The van der Waals surface area contributed by atoms with E-state index in [4.69, 9.17) is 0 Å². The van der Waals surface area contributed by atoms with Crippen molar-refractivity contribution in [3.8, 4) is 0 Å². The molecule has 3 heterocycles. The minimum atomic E-state index is 0.818. The molecule has 0 radical (unpaired) electrons. The molecule has 0 amide bonds. The highest BCUT2D eigenvalue weighted by atomic mass is 32.1. The van der Waals surface area contributed by atoms with Crippen LogP contribution in [0.15, 0.2) is 0 Å². The van der Waals surface area contributed by atoms with Crippen LogP contribution in [-0.2, 0) is 12.8 Å². The van der Waals surface area contributed by atoms with Crippen molar-refractivity contribution in [2.24, 2.45) is 5.92 Å². The number of aryl methyl sites for hydroxylation is 2. The Morgan fingerprint density at radius 2 is 2.39 bits per heavy atom. The van der Waals surface area contributed by atoms with Crippen molar-refractivity contribution in [1.82, 2.24) is 25.1 Å². The van der Waals surface area contributed by atoms with Gasteiger partial charge >= 0.3 is 0 Å². The van der Waals surface area contributed by atoms with Gasteiger partial charge in [-0.15, -0.1) is 10.2 Å². The van der Waals surface area contributed by atoms with Gasteiger partial charge in [-0.1, -0.05) is 18.3 Å². The Labute approximate surface area is 111 Å². The second kappa shape index (κ2) is 5.32. The van der Waals surface area contributed by atoms with Crippen molar-refractivity contribution in [3.63, 3.8) is 0 Å². The lowest BCUT2D eigenvalue weighted by Gasteiger charge is -2.21. The molecule has 1 saturated heterocycles. The summed E-state index contributed by atoms with van der Waals surface area (Å²) >= 11 is 1.68. The van der Waals surface area contributed by atoms with E-state index >= 15 is 0 Å². The fraction of sp³-hybridized carbons (Fsp3) is 0.750. The molecule has 3 rings (SSSR count). The average Bonchev–Trinajstić information content (AvgIpc) is 2.97. The number of hydrogen-bond acceptors (Lipinski definition) is 5. The van der Waals surface area contributed by atoms with Crippen LogP contribution in [0, 0.1) is 5.92 Å². The van der Waals surface area contributed by atoms with Gasteiger partial charge in [0.05, 0.1) is 0 Å². The number of nitrogens with zero attached hydrogens (tertiary/aromatic N) is 4. The van der Waals surface area contributed by atoms with Gasteiger partial charge in [-0.3, -0.25) is 0 Å². The average molecular weight is 265 g/mol. The number of hydrogen-bond donors (Lipinski definition) is 1. The standard InChI is InChI=1S/C12H19N5S/c1-2-10-14-15-12-17(10)16-11(18-12)6-5-9-4-3-7-13-8-9/h9,13H,2-8H2,1H3. The molecule has 0 spiro atoms. The van der Waals surface area contributed by atoms with Crippen LogP contribution in [0.1, 0.15) is 37.0 Å². The summed E-state index contributed by atoms with van der Waals surface area (Å²) in [5.74, 6) is 1.78. The fourth-order valence-electron chi connectivity index (χ4n) is 2.52. The Bertz CT molecular complexity index is 511. The highest BCUT2D eigenvalue weighted by molar-refractivity contribution is 7.16. The maximum atomic E-state index is 4.62. The third-order valence-corrected chi connectivity index (χ3v) is 4.54. The largest absolute Gasteiger partial charge is 0.316 e. The van der Waals surface area contributed by atoms with Gasteiger partial charge in [-0.05, 0) is 38.3 Å². The molecule has 1 N–H and O–H groups in total. The van der Waals surface area contributed by atoms with Crippen molar-refractivity contribution >= 4 is 16.3 Å². The summed E-state index contributed by atoms with van der Waals surface area (Å²) in [4.78, 5) is 0.934. The Kier molecular flexibility index (Phi) is 3.56. The van der Waals surface area contributed by atoms with Crippen LogP contribution in [0.3, 0.4) is 0 Å². The SMILES string of the molecule is CCc1nnc2sc(CCC3CCCNC3)nn12. The van der Waals surface area contributed by atoms with Crippen LogP contribution < -0.4 is 5.32 Å². The summed E-state index contributed by atoms with van der Waals surface area (Å²) < 4.78 is 1.90. The molecular weight excluding hydrogens is 246 g/mol. The third-order valence-electron chi connectivity index (χ3n) is 3.58. The smallest absolute Gasteiger partial charge is 0.234 e. The number of aromatic nitrogens is 4. The lowest BCUT2D eigenvalue weighted by atomic mass is 9.95. The lowest BCUT2D eigenvalue weighted by Crippen LogP contribution is -2.29. The summed E-state index contributed by atoms with van der Waals surface area (Å²) in [5, 5.41) is 17.6. The summed E-state index contributed by atoms with van der Waals surface area (Å²) in [6, 6.07) is 0. The molecular formula is C12H19N5S. The van der Waals surface area contributed by atoms with Crippen molar-refractivity contribution in [2.75, 3.05) is 13.1 Å². The minimum Gasteiger partial charge on any atom is -0.316 e. The monoisotopic (exact) mass is 265 g/mol. The van der Waals surface area contributed by atoms with Crippen molar-refractivity contribution in [2.45, 2.75) is 39.0 Å². The predicted molar refractivity (Wildman–Crippen MR) is 72.0 cm³/mol. The van der Waals surface area contributed by atoms with E-state index in [0.717, 1.165) is 29.5 Å². The summed E-state index contributed by atoms with van der Waals surface area (Å²) in [6.45, 7) is 4.44. The second-order valence-electron chi connectivity index (χ2n) is 4.91. The van der Waals surface area contributed by atoms with Gasteiger partial charge in [-0.2, -0.15) is 9.61 Å². The zero-order valence-corrected chi connectivity index (χ0v) is 11.5. The normalized spacial score (nSPS) is 20.6. The van der Waals surface area contributed by atoms with E-state index in [1.165, 1.54) is 37.4 Å². The van der Waals surface area contributed by atoms with Gasteiger partial charge in [0, 0.05) is 12.8 Å². The van der Waals surface area contributed by atoms with Crippen molar-refractivity contribution in [1.29, 1.82) is 0 Å². The zero-order chi connectivity index (χ0) is 12.4. The van der Waals surface area contributed by atoms with E-state index in [0.29, 0.717) is 0 Å². The summed E-state index contributed by atoms with van der Waals surface area (Å²) in [7, 11) is 0. The molecule has 1 atom stereocenters. The summed E-state index contributed by atoms with van der Waals surface area (Å²) in [6.07, 6.45) is 5.87. The lowest BCUT2D eigenvalue weighted by molar-refractivity contribution is 0.357. The predicted octanol–water partition coefficient (Wildman–Crippen LogP) is 1.68. The highest BCUT2D eigenvalue weighted by Crippen LogP contribution is 2.20. The summed E-state index contributed by atoms with van der Waals surface area (Å²) in [5.41, 5.74) is 0. The van der Waals surface area contributed by atoms with Crippen LogP contribution in [0.25, 0.3) is 4.96 Å². The number of piperidine rings is 1. The molecule has 2 aromatic rings. The van der Waals surface area contributed by atoms with Gasteiger partial charge in [-0.25, -0.2) is 0 Å². The molecule has 1 aliphatic rings. The van der Waals surface area contributed by atoms with Crippen LogP contribution in [0.4, 0.5) is 0 Å². The Hall–Kier alpha value is -1.01. The maximum absolute atomic E-state index is 4.62. The molecule has 0 bridgehead atoms. The third kappa shape index (κ3) is 2.40. The van der Waals surface area contributed by atoms with Crippen LogP contribution in [0.5, 0.6) is 0 Å². The molecule has 5 nitrogen and oxygen atoms in total. The van der Waals surface area contributed by atoms with E-state index in [1.807, 2.05) is 4.52 Å². The Morgan fingerprint density at radius 1 is 1.44 bits per heavy atom. The zero-order valence-electron chi connectivity index (χ0n) is 10.7. The topological polar surface area (TPSA) is 55.1 Å². The second-order valence-corrected chi connectivity index (χ2v) is 5.95. The molecule has 0 aliphatic carbocycles. The van der Waals surface area contributed by atoms with E-state index in [1.54, 1.807) is 11.3 Å². The van der Waals surface area contributed by atoms with Gasteiger partial charge in [0.1, 0.15) is 5.01 Å². The van der Waals surface area contributed by atoms with E-state index in [9.17, 15) is 0 Å². The van der Waals surface area contributed by atoms with Crippen LogP contribution in [-0.4, -0.2) is 32.9 Å². The minimum absolute atomic E-state index is 0.818. The van der Waals surface area contributed by atoms with Crippen LogP contribution >= 0.6 is 11.3 Å². The maximum Gasteiger partial charge on any atom is 0.234 e. The molecule has 18 heavy (non-hydrogen) atoms. The Morgan fingerprint density at radius 3 is 3.17 bits per heavy atom. The van der Waals surface area contributed by atoms with E-state index < -0.39 is 0 Å². The van der Waals surface area contributed by atoms with Gasteiger partial charge < -0.3 is 5.32 Å². The first-order valence-corrected chi connectivity index (χ1v) is 7.59. The molecule has 1 aliphatic heterocycles. The molecule has 0 saturated carbocycles. The highest BCUT2D eigenvalue weighted by Gasteiger charge is 2.15. The van der Waals surface area contributed by atoms with E-state index in [2.05, 4.69) is 27.5 Å². The molecule has 98 valence electrons. The van der Waals surface area contributed by atoms with Crippen LogP contribution in [0.2, 0.25) is 0 Å². The first-order chi connectivity index (χ1) is 8.86. The molecule has 1 fully saturated rings. The van der Waals surface area contributed by atoms with Gasteiger partial charge in [0.25, 0.3) is 0 Å². The molecule has 0 aromatic carbocycles. The quantitative estimate of drug-likeness (QED) is 0.914. The first kappa shape index (κ1) is 12.0. The molecule has 2 aromatic heterocycles. The number of rotatable bonds is 4. The Balaban J connectivity index is 1.65. The molecule has 1 unspecified atom stereocenters. The number of nitrogens with one attached hydrogen (secondary N) is 1. The number of fused-ring (bicyclic) bond motifs is 1. The van der Waals surface area contributed by atoms with Crippen molar-refractivity contribution < 1.29 is 0 Å². The first-order valence-electron chi connectivity index (χ1n) is 6.77. The van der Waals surface area contributed by atoms with Gasteiger partial charge in [0.2, 0.25) is 4.96 Å².